The van der Waals surface area contributed by atoms with Crippen molar-refractivity contribution in [2.75, 3.05) is 12.4 Å². The second-order valence-electron chi connectivity index (χ2n) is 5.30. The molecule has 3 nitrogen and oxygen atoms in total. The SMILES string of the molecule is CCOCc1ccccc1CNC(=O)CSCc1ccc(Cl)cc1. The first-order valence-corrected chi connectivity index (χ1v) is 9.45. The summed E-state index contributed by atoms with van der Waals surface area (Å²) in [5, 5.41) is 3.70. The fourth-order valence-corrected chi connectivity index (χ4v) is 3.11. The standard InChI is InChI=1S/C19H22ClNO2S/c1-2-23-12-17-6-4-3-5-16(17)11-21-19(22)14-24-13-15-7-9-18(20)10-8-15/h3-10H,2,11-14H2,1H3,(H,21,22). The van der Waals surface area contributed by atoms with Gasteiger partial charge in [0.2, 0.25) is 5.91 Å². The highest BCUT2D eigenvalue weighted by molar-refractivity contribution is 7.99. The van der Waals surface area contributed by atoms with Crippen LogP contribution in [-0.4, -0.2) is 18.3 Å². The summed E-state index contributed by atoms with van der Waals surface area (Å²) in [6.07, 6.45) is 0. The smallest absolute Gasteiger partial charge is 0.230 e. The van der Waals surface area contributed by atoms with Crippen LogP contribution in [0.25, 0.3) is 0 Å². The molecule has 0 saturated carbocycles. The zero-order valence-corrected chi connectivity index (χ0v) is 15.3. The summed E-state index contributed by atoms with van der Waals surface area (Å²) < 4.78 is 5.46. The zero-order chi connectivity index (χ0) is 17.2. The van der Waals surface area contributed by atoms with Crippen LogP contribution in [0.1, 0.15) is 23.6 Å². The molecule has 2 aromatic rings. The van der Waals surface area contributed by atoms with Crippen LogP contribution in [0.5, 0.6) is 0 Å². The Labute approximate surface area is 152 Å². The molecule has 0 saturated heterocycles. The van der Waals surface area contributed by atoms with Gasteiger partial charge in [-0.3, -0.25) is 4.79 Å². The van der Waals surface area contributed by atoms with Crippen LogP contribution < -0.4 is 5.32 Å². The third-order valence-corrected chi connectivity index (χ3v) is 4.73. The topological polar surface area (TPSA) is 38.3 Å². The lowest BCUT2D eigenvalue weighted by molar-refractivity contribution is -0.118. The van der Waals surface area contributed by atoms with Crippen molar-refractivity contribution in [2.45, 2.75) is 25.8 Å². The van der Waals surface area contributed by atoms with E-state index in [1.54, 1.807) is 11.8 Å². The molecule has 0 aromatic heterocycles. The van der Waals surface area contributed by atoms with Crippen molar-refractivity contribution in [2.24, 2.45) is 0 Å². The Kier molecular flexibility index (Phi) is 8.16. The minimum atomic E-state index is 0.0418. The van der Waals surface area contributed by atoms with E-state index in [2.05, 4.69) is 5.32 Å². The number of halogens is 1. The molecule has 0 fully saturated rings. The molecule has 0 aliphatic heterocycles. The summed E-state index contributed by atoms with van der Waals surface area (Å²) in [4.78, 5) is 12.0. The van der Waals surface area contributed by atoms with Crippen molar-refractivity contribution >= 4 is 29.3 Å². The number of amides is 1. The van der Waals surface area contributed by atoms with Gasteiger partial charge >= 0.3 is 0 Å². The first-order valence-electron chi connectivity index (χ1n) is 7.92. The van der Waals surface area contributed by atoms with Crippen molar-refractivity contribution in [3.05, 3.63) is 70.2 Å². The molecule has 0 spiro atoms. The van der Waals surface area contributed by atoms with Gasteiger partial charge in [-0.25, -0.2) is 0 Å². The summed E-state index contributed by atoms with van der Waals surface area (Å²) in [7, 11) is 0. The van der Waals surface area contributed by atoms with Gasteiger partial charge in [-0.1, -0.05) is 48.0 Å². The van der Waals surface area contributed by atoms with E-state index in [0.29, 0.717) is 25.5 Å². The van der Waals surface area contributed by atoms with Gasteiger partial charge in [0.25, 0.3) is 0 Å². The van der Waals surface area contributed by atoms with E-state index in [1.807, 2.05) is 55.5 Å². The molecule has 1 amide bonds. The molecule has 0 aliphatic rings. The summed E-state index contributed by atoms with van der Waals surface area (Å²) in [5.74, 6) is 1.28. The highest BCUT2D eigenvalue weighted by Gasteiger charge is 2.05. The second kappa shape index (κ2) is 10.4. The van der Waals surface area contributed by atoms with E-state index in [9.17, 15) is 4.79 Å². The molecule has 0 aliphatic carbocycles. The Morgan fingerprint density at radius 2 is 1.83 bits per heavy atom. The van der Waals surface area contributed by atoms with Crippen LogP contribution >= 0.6 is 23.4 Å². The fourth-order valence-electron chi connectivity index (χ4n) is 2.17. The molecule has 1 N–H and O–H groups in total. The first kappa shape index (κ1) is 18.8. The van der Waals surface area contributed by atoms with Crippen LogP contribution in [0.4, 0.5) is 0 Å². The number of carbonyl (C=O) groups excluding carboxylic acids is 1. The van der Waals surface area contributed by atoms with Gasteiger partial charge in [-0.15, -0.1) is 11.8 Å². The van der Waals surface area contributed by atoms with Gasteiger partial charge in [-0.2, -0.15) is 0 Å². The molecular weight excluding hydrogens is 342 g/mol. The second-order valence-corrected chi connectivity index (χ2v) is 6.72. The Balaban J connectivity index is 1.74. The zero-order valence-electron chi connectivity index (χ0n) is 13.8. The van der Waals surface area contributed by atoms with Crippen LogP contribution in [0.15, 0.2) is 48.5 Å². The summed E-state index contributed by atoms with van der Waals surface area (Å²) in [6.45, 7) is 3.77. The average Bonchev–Trinajstić information content (AvgIpc) is 2.60. The molecule has 0 atom stereocenters. The van der Waals surface area contributed by atoms with Crippen molar-refractivity contribution in [1.29, 1.82) is 0 Å². The van der Waals surface area contributed by atoms with Crippen molar-refractivity contribution in [1.82, 2.24) is 5.32 Å². The summed E-state index contributed by atoms with van der Waals surface area (Å²) >= 11 is 7.45. The summed E-state index contributed by atoms with van der Waals surface area (Å²) in [6, 6.07) is 15.7. The van der Waals surface area contributed by atoms with Gasteiger partial charge in [0.1, 0.15) is 0 Å². The van der Waals surface area contributed by atoms with E-state index in [1.165, 1.54) is 5.56 Å². The van der Waals surface area contributed by atoms with Gasteiger partial charge in [-0.05, 0) is 35.7 Å². The van der Waals surface area contributed by atoms with Crippen LogP contribution in [0, 0.1) is 0 Å². The number of carbonyl (C=O) groups is 1. The average molecular weight is 364 g/mol. The third-order valence-electron chi connectivity index (χ3n) is 3.47. The Bertz CT molecular complexity index is 646. The van der Waals surface area contributed by atoms with E-state index in [0.717, 1.165) is 21.9 Å². The quantitative estimate of drug-likeness (QED) is 0.716. The number of thioether (sulfide) groups is 1. The maximum absolute atomic E-state index is 12.0. The molecule has 128 valence electrons. The number of ether oxygens (including phenoxy) is 1. The van der Waals surface area contributed by atoms with Crippen LogP contribution in [-0.2, 0) is 28.4 Å². The van der Waals surface area contributed by atoms with Gasteiger partial charge in [0.05, 0.1) is 12.4 Å². The monoisotopic (exact) mass is 363 g/mol. The van der Waals surface area contributed by atoms with E-state index in [-0.39, 0.29) is 5.91 Å². The molecular formula is C19H22ClNO2S. The lowest BCUT2D eigenvalue weighted by atomic mass is 10.1. The normalized spacial score (nSPS) is 10.6. The highest BCUT2D eigenvalue weighted by atomic mass is 35.5. The van der Waals surface area contributed by atoms with E-state index >= 15 is 0 Å². The predicted molar refractivity (Wildman–Crippen MR) is 101 cm³/mol. The predicted octanol–water partition coefficient (Wildman–Crippen LogP) is 4.43. The maximum atomic E-state index is 12.0. The number of nitrogens with one attached hydrogen (secondary N) is 1. The molecule has 2 aromatic carbocycles. The van der Waals surface area contributed by atoms with Gasteiger partial charge < -0.3 is 10.1 Å². The molecule has 0 unspecified atom stereocenters. The largest absolute Gasteiger partial charge is 0.377 e. The molecule has 24 heavy (non-hydrogen) atoms. The third kappa shape index (κ3) is 6.56. The molecule has 0 bridgehead atoms. The van der Waals surface area contributed by atoms with Gasteiger partial charge in [0, 0.05) is 23.9 Å². The number of hydrogen-bond donors (Lipinski definition) is 1. The van der Waals surface area contributed by atoms with E-state index in [4.69, 9.17) is 16.3 Å². The lowest BCUT2D eigenvalue weighted by Gasteiger charge is -2.10. The molecule has 2 rings (SSSR count). The van der Waals surface area contributed by atoms with Crippen molar-refractivity contribution in [3.8, 4) is 0 Å². The minimum absolute atomic E-state index is 0.0418. The van der Waals surface area contributed by atoms with E-state index < -0.39 is 0 Å². The minimum Gasteiger partial charge on any atom is -0.377 e. The van der Waals surface area contributed by atoms with Crippen LogP contribution in [0.2, 0.25) is 5.02 Å². The van der Waals surface area contributed by atoms with Crippen LogP contribution in [0.3, 0.4) is 0 Å². The Morgan fingerprint density at radius 3 is 2.54 bits per heavy atom. The van der Waals surface area contributed by atoms with Crippen molar-refractivity contribution in [3.63, 3.8) is 0 Å². The molecule has 0 heterocycles. The fraction of sp³-hybridized carbons (Fsp3) is 0.316. The van der Waals surface area contributed by atoms with Crippen molar-refractivity contribution < 1.29 is 9.53 Å². The first-order chi connectivity index (χ1) is 11.7. The maximum Gasteiger partial charge on any atom is 0.230 e. The molecule has 5 heteroatoms. The number of rotatable bonds is 9. The van der Waals surface area contributed by atoms with Gasteiger partial charge in [0.15, 0.2) is 0 Å². The number of benzene rings is 2. The Hall–Kier alpha value is -1.49. The Morgan fingerprint density at radius 1 is 1.12 bits per heavy atom. The summed E-state index contributed by atoms with van der Waals surface area (Å²) in [5.41, 5.74) is 3.38. The lowest BCUT2D eigenvalue weighted by Crippen LogP contribution is -2.25. The highest BCUT2D eigenvalue weighted by Crippen LogP contribution is 2.15. The molecule has 0 radical (unpaired) electrons. The number of hydrogen-bond acceptors (Lipinski definition) is 3.